The first-order valence-corrected chi connectivity index (χ1v) is 9.15. The van der Waals surface area contributed by atoms with Gasteiger partial charge in [0.1, 0.15) is 0 Å². The van der Waals surface area contributed by atoms with E-state index in [9.17, 15) is 9.59 Å². The van der Waals surface area contributed by atoms with Crippen LogP contribution >= 0.6 is 11.3 Å². The van der Waals surface area contributed by atoms with Crippen molar-refractivity contribution in [3.63, 3.8) is 0 Å². The summed E-state index contributed by atoms with van der Waals surface area (Å²) in [6, 6.07) is 7.92. The zero-order valence-corrected chi connectivity index (χ0v) is 14.1. The average molecular weight is 341 g/mol. The number of hydrogen-bond donors (Lipinski definition) is 0. The van der Waals surface area contributed by atoms with Crippen molar-refractivity contribution in [3.8, 4) is 0 Å². The van der Waals surface area contributed by atoms with Crippen LogP contribution in [0.2, 0.25) is 0 Å². The first-order valence-electron chi connectivity index (χ1n) is 8.27. The molecule has 2 atom stereocenters. The Hall–Kier alpha value is -2.21. The van der Waals surface area contributed by atoms with Crippen molar-refractivity contribution in [2.45, 2.75) is 37.9 Å². The van der Waals surface area contributed by atoms with Crippen LogP contribution in [0.4, 0.5) is 0 Å². The van der Waals surface area contributed by atoms with Crippen LogP contribution in [-0.2, 0) is 11.3 Å². The highest BCUT2D eigenvalue weighted by Gasteiger charge is 2.45. The van der Waals surface area contributed by atoms with Crippen LogP contribution in [0, 0.1) is 0 Å². The molecule has 0 bridgehead atoms. The van der Waals surface area contributed by atoms with Crippen molar-refractivity contribution < 1.29 is 9.59 Å². The van der Waals surface area contributed by atoms with E-state index in [4.69, 9.17) is 0 Å². The van der Waals surface area contributed by atoms with Crippen LogP contribution in [0.15, 0.2) is 42.0 Å². The van der Waals surface area contributed by atoms with Crippen molar-refractivity contribution in [2.24, 2.45) is 0 Å². The largest absolute Gasteiger partial charge is 0.333 e. The second-order valence-electron chi connectivity index (χ2n) is 6.32. The summed E-state index contributed by atoms with van der Waals surface area (Å²) in [5, 5.41) is 1.93. The number of likely N-dealkylation sites (tertiary alicyclic amines) is 2. The number of nitrogens with zero attached hydrogens (tertiary/aromatic N) is 3. The summed E-state index contributed by atoms with van der Waals surface area (Å²) < 4.78 is 0. The van der Waals surface area contributed by atoms with E-state index in [1.165, 1.54) is 11.3 Å². The van der Waals surface area contributed by atoms with Gasteiger partial charge in [-0.2, -0.15) is 0 Å². The third-order valence-corrected chi connectivity index (χ3v) is 5.81. The number of hydrogen-bond acceptors (Lipinski definition) is 4. The lowest BCUT2D eigenvalue weighted by Crippen LogP contribution is -2.52. The van der Waals surface area contributed by atoms with Gasteiger partial charge in [0, 0.05) is 31.9 Å². The van der Waals surface area contributed by atoms with Crippen molar-refractivity contribution in [1.82, 2.24) is 14.8 Å². The van der Waals surface area contributed by atoms with E-state index in [-0.39, 0.29) is 23.9 Å². The Bertz CT molecular complexity index is 732. The van der Waals surface area contributed by atoms with Gasteiger partial charge in [0.25, 0.3) is 5.91 Å². The number of thiophene rings is 1. The van der Waals surface area contributed by atoms with E-state index in [0.29, 0.717) is 13.0 Å². The fraction of sp³-hybridized carbons (Fsp3) is 0.389. The Labute approximate surface area is 144 Å². The fourth-order valence-electron chi connectivity index (χ4n) is 3.84. The standard InChI is InChI=1S/C18H19N3O2S/c22-17-6-5-14-15(21(17)12-13-3-1-8-19-11-13)7-9-20(14)18(23)16-4-2-10-24-16/h1-4,8,10-11,14-15H,5-7,9,12H2/t14-,15-/m1/s1. The molecule has 2 aromatic heterocycles. The number of piperidine rings is 1. The smallest absolute Gasteiger partial charge is 0.264 e. The summed E-state index contributed by atoms with van der Waals surface area (Å²) in [7, 11) is 0. The Morgan fingerprint density at radius 2 is 2.17 bits per heavy atom. The topological polar surface area (TPSA) is 53.5 Å². The summed E-state index contributed by atoms with van der Waals surface area (Å²) in [5.41, 5.74) is 1.04. The molecule has 0 unspecified atom stereocenters. The highest BCUT2D eigenvalue weighted by molar-refractivity contribution is 7.12. The van der Waals surface area contributed by atoms with Gasteiger partial charge >= 0.3 is 0 Å². The van der Waals surface area contributed by atoms with Crippen molar-refractivity contribution in [1.29, 1.82) is 0 Å². The molecule has 0 N–H and O–H groups in total. The highest BCUT2D eigenvalue weighted by Crippen LogP contribution is 2.33. The van der Waals surface area contributed by atoms with Gasteiger partial charge in [0.15, 0.2) is 0 Å². The Morgan fingerprint density at radius 3 is 2.92 bits per heavy atom. The van der Waals surface area contributed by atoms with Crippen LogP contribution in [-0.4, -0.2) is 45.2 Å². The first kappa shape index (κ1) is 15.3. The lowest BCUT2D eigenvalue weighted by atomic mass is 9.95. The molecular weight excluding hydrogens is 322 g/mol. The maximum Gasteiger partial charge on any atom is 0.264 e. The molecule has 5 nitrogen and oxygen atoms in total. The predicted octanol–water partition coefficient (Wildman–Crippen LogP) is 2.55. The van der Waals surface area contributed by atoms with E-state index in [1.807, 2.05) is 39.4 Å². The Morgan fingerprint density at radius 1 is 1.25 bits per heavy atom. The third kappa shape index (κ3) is 2.71. The number of carbonyl (C=O) groups excluding carboxylic acids is 2. The summed E-state index contributed by atoms with van der Waals surface area (Å²) in [6.45, 7) is 1.30. The maximum atomic E-state index is 12.7. The van der Waals surface area contributed by atoms with Crippen molar-refractivity contribution in [2.75, 3.05) is 6.54 Å². The molecule has 124 valence electrons. The van der Waals surface area contributed by atoms with Gasteiger partial charge in [0.05, 0.1) is 17.0 Å². The second kappa shape index (κ2) is 6.36. The number of fused-ring (bicyclic) bond motifs is 1. The molecular formula is C18H19N3O2S. The highest BCUT2D eigenvalue weighted by atomic mass is 32.1. The minimum Gasteiger partial charge on any atom is -0.333 e. The molecule has 0 radical (unpaired) electrons. The molecule has 2 aromatic rings. The van der Waals surface area contributed by atoms with Crippen LogP contribution in [0.25, 0.3) is 0 Å². The summed E-state index contributed by atoms with van der Waals surface area (Å²) >= 11 is 1.48. The fourth-order valence-corrected chi connectivity index (χ4v) is 4.52. The van der Waals surface area contributed by atoms with Gasteiger partial charge in [-0.1, -0.05) is 12.1 Å². The first-order chi connectivity index (χ1) is 11.7. The summed E-state index contributed by atoms with van der Waals surface area (Å²) in [5.74, 6) is 0.290. The van der Waals surface area contributed by atoms with Gasteiger partial charge in [-0.05, 0) is 35.9 Å². The number of pyridine rings is 1. The van der Waals surface area contributed by atoms with Crippen molar-refractivity contribution in [3.05, 3.63) is 52.5 Å². The van der Waals surface area contributed by atoms with Crippen LogP contribution in [0.3, 0.4) is 0 Å². The molecule has 2 amide bonds. The van der Waals surface area contributed by atoms with Gasteiger partial charge in [-0.25, -0.2) is 0 Å². The van der Waals surface area contributed by atoms with Crippen LogP contribution < -0.4 is 0 Å². The quantitative estimate of drug-likeness (QED) is 0.862. The predicted molar refractivity (Wildman–Crippen MR) is 91.6 cm³/mol. The van der Waals surface area contributed by atoms with Crippen LogP contribution in [0.1, 0.15) is 34.5 Å². The lowest BCUT2D eigenvalue weighted by Gasteiger charge is -2.39. The van der Waals surface area contributed by atoms with Gasteiger partial charge in [-0.3, -0.25) is 14.6 Å². The molecule has 0 spiro atoms. The monoisotopic (exact) mass is 341 g/mol. The Kier molecular flexibility index (Phi) is 4.06. The zero-order chi connectivity index (χ0) is 16.5. The van der Waals surface area contributed by atoms with E-state index < -0.39 is 0 Å². The zero-order valence-electron chi connectivity index (χ0n) is 13.3. The number of amides is 2. The Balaban J connectivity index is 1.54. The minimum atomic E-state index is 0.105. The van der Waals surface area contributed by atoms with E-state index >= 15 is 0 Å². The van der Waals surface area contributed by atoms with E-state index in [1.54, 1.807) is 12.4 Å². The van der Waals surface area contributed by atoms with Gasteiger partial charge < -0.3 is 9.80 Å². The molecule has 2 aliphatic rings. The van der Waals surface area contributed by atoms with E-state index in [2.05, 4.69) is 4.98 Å². The molecule has 24 heavy (non-hydrogen) atoms. The summed E-state index contributed by atoms with van der Waals surface area (Å²) in [4.78, 5) is 34.0. The molecule has 6 heteroatoms. The summed E-state index contributed by atoms with van der Waals surface area (Å²) in [6.07, 6.45) is 5.68. The molecule has 2 fully saturated rings. The molecule has 4 heterocycles. The van der Waals surface area contributed by atoms with Gasteiger partial charge in [0.2, 0.25) is 5.91 Å². The average Bonchev–Trinajstić information content (AvgIpc) is 3.27. The van der Waals surface area contributed by atoms with Crippen molar-refractivity contribution >= 4 is 23.2 Å². The lowest BCUT2D eigenvalue weighted by molar-refractivity contribution is -0.138. The molecule has 0 aliphatic carbocycles. The SMILES string of the molecule is O=C1CC[C@@H]2[C@@H](CCN2C(=O)c2cccs2)N1Cc1cccnc1. The normalized spacial score (nSPS) is 23.4. The van der Waals surface area contributed by atoms with Crippen LogP contribution in [0.5, 0.6) is 0 Å². The molecule has 4 rings (SSSR count). The molecule has 2 saturated heterocycles. The molecule has 2 aliphatic heterocycles. The number of carbonyl (C=O) groups is 2. The minimum absolute atomic E-state index is 0.105. The molecule has 0 saturated carbocycles. The van der Waals surface area contributed by atoms with E-state index in [0.717, 1.165) is 29.8 Å². The number of aromatic nitrogens is 1. The maximum absolute atomic E-state index is 12.7. The third-order valence-electron chi connectivity index (χ3n) is 4.95. The molecule has 0 aromatic carbocycles. The van der Waals surface area contributed by atoms with Gasteiger partial charge in [-0.15, -0.1) is 11.3 Å². The second-order valence-corrected chi connectivity index (χ2v) is 7.27. The number of rotatable bonds is 3.